The number of fused-ring (bicyclic) bond motifs is 1. The van der Waals surface area contributed by atoms with E-state index in [-0.39, 0.29) is 17.6 Å². The Balaban J connectivity index is 1.51. The summed E-state index contributed by atoms with van der Waals surface area (Å²) in [5, 5.41) is 11.1. The minimum Gasteiger partial charge on any atom is -0.340 e. The number of H-pyrrole nitrogens is 2. The molecule has 0 atom stereocenters. The van der Waals surface area contributed by atoms with E-state index >= 15 is 0 Å². The van der Waals surface area contributed by atoms with Crippen molar-refractivity contribution in [3.8, 4) is 22.6 Å². The number of allylic oxidation sites excluding steroid dienone is 2. The first-order valence-corrected chi connectivity index (χ1v) is 12.6. The molecule has 8 nitrogen and oxygen atoms in total. The molecule has 9 heteroatoms. The van der Waals surface area contributed by atoms with Crippen LogP contribution in [0.4, 0.5) is 10.1 Å². The Morgan fingerprint density at radius 2 is 1.97 bits per heavy atom. The van der Waals surface area contributed by atoms with E-state index in [1.54, 1.807) is 30.7 Å². The quantitative estimate of drug-likeness (QED) is 0.203. The van der Waals surface area contributed by atoms with Gasteiger partial charge in [-0.2, -0.15) is 5.10 Å². The Kier molecular flexibility index (Phi) is 7.14. The minimum absolute atomic E-state index is 0.0539. The number of halogens is 1. The van der Waals surface area contributed by atoms with Crippen LogP contribution in [0.5, 0.6) is 0 Å². The Morgan fingerprint density at radius 3 is 2.74 bits per heavy atom. The second-order valence-electron chi connectivity index (χ2n) is 9.69. The minimum atomic E-state index is -0.327. The van der Waals surface area contributed by atoms with Crippen molar-refractivity contribution in [2.45, 2.75) is 27.2 Å². The molecule has 0 saturated carbocycles. The maximum atomic E-state index is 14.0. The van der Waals surface area contributed by atoms with Gasteiger partial charge in [-0.05, 0) is 42.7 Å². The fourth-order valence-corrected chi connectivity index (χ4v) is 4.41. The highest BCUT2D eigenvalue weighted by Crippen LogP contribution is 2.32. The maximum absolute atomic E-state index is 14.0. The summed E-state index contributed by atoms with van der Waals surface area (Å²) in [6.45, 7) is 9.72. The van der Waals surface area contributed by atoms with E-state index in [9.17, 15) is 9.18 Å². The lowest BCUT2D eigenvalue weighted by molar-refractivity contribution is -0.116. The van der Waals surface area contributed by atoms with Crippen molar-refractivity contribution in [3.05, 3.63) is 96.5 Å². The lowest BCUT2D eigenvalue weighted by Gasteiger charge is -2.08. The number of rotatable bonds is 8. The van der Waals surface area contributed by atoms with E-state index in [4.69, 9.17) is 4.98 Å². The number of hydrogen-bond acceptors (Lipinski definition) is 5. The van der Waals surface area contributed by atoms with Crippen LogP contribution in [0.2, 0.25) is 0 Å². The van der Waals surface area contributed by atoms with Crippen LogP contribution in [0.3, 0.4) is 0 Å². The average Bonchev–Trinajstić information content (AvgIpc) is 3.49. The first-order valence-electron chi connectivity index (χ1n) is 12.6. The van der Waals surface area contributed by atoms with Gasteiger partial charge in [0.1, 0.15) is 11.5 Å². The average molecular weight is 522 g/mol. The summed E-state index contributed by atoms with van der Waals surface area (Å²) in [6.07, 6.45) is 8.97. The van der Waals surface area contributed by atoms with E-state index in [1.165, 1.54) is 12.1 Å². The molecule has 0 aliphatic carbocycles. The molecule has 4 heterocycles. The lowest BCUT2D eigenvalue weighted by atomic mass is 10.0. The third-order valence-electron chi connectivity index (χ3n) is 6.16. The molecule has 0 bridgehead atoms. The molecule has 1 aromatic carbocycles. The van der Waals surface area contributed by atoms with Gasteiger partial charge in [-0.3, -0.25) is 14.9 Å². The van der Waals surface area contributed by atoms with Gasteiger partial charge in [0.15, 0.2) is 11.5 Å². The normalized spacial score (nSPS) is 11.8. The van der Waals surface area contributed by atoms with E-state index < -0.39 is 0 Å². The largest absolute Gasteiger partial charge is 0.340 e. The van der Waals surface area contributed by atoms with Crippen LogP contribution >= 0.6 is 0 Å². The number of nitrogens with zero attached hydrogens (tertiary/aromatic N) is 4. The molecule has 0 radical (unpaired) electrons. The number of benzene rings is 1. The second-order valence-corrected chi connectivity index (χ2v) is 9.69. The number of aryl methyl sites for hydroxylation is 1. The van der Waals surface area contributed by atoms with Crippen LogP contribution < -0.4 is 5.32 Å². The molecule has 0 aliphatic heterocycles. The van der Waals surface area contributed by atoms with Crippen LogP contribution in [-0.2, 0) is 4.79 Å². The number of carbonyl (C=O) groups is 1. The van der Waals surface area contributed by atoms with E-state index in [0.717, 1.165) is 27.8 Å². The van der Waals surface area contributed by atoms with E-state index in [0.29, 0.717) is 40.5 Å². The fraction of sp³-hybridized carbons (Fsp3) is 0.167. The number of pyridine rings is 2. The molecular formula is C30H28FN7O. The maximum Gasteiger partial charge on any atom is 0.224 e. The Morgan fingerprint density at radius 1 is 1.15 bits per heavy atom. The second kappa shape index (κ2) is 10.8. The van der Waals surface area contributed by atoms with Crippen molar-refractivity contribution in [1.82, 2.24) is 30.1 Å². The molecule has 0 unspecified atom stereocenters. The molecule has 196 valence electrons. The number of carbonyl (C=O) groups excluding carboxylic acids is 1. The summed E-state index contributed by atoms with van der Waals surface area (Å²) in [6, 6.07) is 10.2. The number of nitrogens with one attached hydrogen (secondary N) is 3. The number of amides is 1. The smallest absolute Gasteiger partial charge is 0.224 e. The van der Waals surface area contributed by atoms with Crippen molar-refractivity contribution < 1.29 is 9.18 Å². The molecule has 39 heavy (non-hydrogen) atoms. The topological polar surface area (TPSA) is 112 Å². The summed E-state index contributed by atoms with van der Waals surface area (Å²) < 4.78 is 14.0. The monoisotopic (exact) mass is 521 g/mol. The van der Waals surface area contributed by atoms with Gasteiger partial charge in [0.25, 0.3) is 0 Å². The number of aromatic nitrogens is 6. The van der Waals surface area contributed by atoms with Gasteiger partial charge in [-0.25, -0.2) is 14.4 Å². The zero-order chi connectivity index (χ0) is 27.5. The summed E-state index contributed by atoms with van der Waals surface area (Å²) in [4.78, 5) is 29.2. The van der Waals surface area contributed by atoms with Gasteiger partial charge in [-0.15, -0.1) is 0 Å². The highest BCUT2D eigenvalue weighted by Gasteiger charge is 2.18. The van der Waals surface area contributed by atoms with Gasteiger partial charge >= 0.3 is 0 Å². The molecule has 5 aromatic rings. The van der Waals surface area contributed by atoms with Crippen LogP contribution in [0.25, 0.3) is 39.3 Å². The predicted molar refractivity (Wildman–Crippen MR) is 151 cm³/mol. The summed E-state index contributed by atoms with van der Waals surface area (Å²) >= 11 is 0. The van der Waals surface area contributed by atoms with Crippen LogP contribution in [0.1, 0.15) is 37.2 Å². The number of hydrogen-bond donors (Lipinski definition) is 3. The fourth-order valence-electron chi connectivity index (χ4n) is 4.41. The van der Waals surface area contributed by atoms with Crippen LogP contribution in [-0.4, -0.2) is 36.0 Å². The summed E-state index contributed by atoms with van der Waals surface area (Å²) in [5.74, 6) is 0.451. The number of aromatic amines is 2. The van der Waals surface area contributed by atoms with Gasteiger partial charge in [0, 0.05) is 41.2 Å². The van der Waals surface area contributed by atoms with Crippen molar-refractivity contribution in [2.75, 3.05) is 5.32 Å². The Labute approximate surface area is 225 Å². The zero-order valence-corrected chi connectivity index (χ0v) is 21.9. The Bertz CT molecular complexity index is 1710. The third-order valence-corrected chi connectivity index (χ3v) is 6.16. The highest BCUT2D eigenvalue weighted by atomic mass is 19.1. The summed E-state index contributed by atoms with van der Waals surface area (Å²) in [7, 11) is 0. The summed E-state index contributed by atoms with van der Waals surface area (Å²) in [5.41, 5.74) is 6.36. The molecule has 5 rings (SSSR count). The molecule has 4 aromatic heterocycles. The van der Waals surface area contributed by atoms with Crippen molar-refractivity contribution in [3.63, 3.8) is 0 Å². The molecule has 1 amide bonds. The third kappa shape index (κ3) is 5.52. The number of anilines is 1. The standard InChI is InChI=1S/C30H28FN7O/c1-5-7-24(19-8-6-9-22(31)11-19)27-18(4)34-30(36-27)28-25-13-21(15-33-29(25)38-37-28)20-12-23(16-32-14-20)35-26(39)10-17(2)3/h5-9,11-17H,1,10H2,2-4H3,(H,34,36)(H,35,39)(H,33,37,38)/b24-7-. The van der Waals surface area contributed by atoms with Crippen LogP contribution in [0.15, 0.2) is 73.7 Å². The zero-order valence-electron chi connectivity index (χ0n) is 21.9. The molecule has 0 saturated heterocycles. The highest BCUT2D eigenvalue weighted by molar-refractivity contribution is 5.94. The molecule has 0 fully saturated rings. The van der Waals surface area contributed by atoms with Gasteiger partial charge < -0.3 is 10.3 Å². The van der Waals surface area contributed by atoms with Crippen molar-refractivity contribution >= 4 is 28.2 Å². The Hall–Kier alpha value is -4.92. The first kappa shape index (κ1) is 25.7. The van der Waals surface area contributed by atoms with Crippen molar-refractivity contribution in [2.24, 2.45) is 5.92 Å². The first-order chi connectivity index (χ1) is 18.8. The molecule has 0 spiro atoms. The van der Waals surface area contributed by atoms with Gasteiger partial charge in [-0.1, -0.05) is 44.7 Å². The molecule has 3 N–H and O–H groups in total. The predicted octanol–water partition coefficient (Wildman–Crippen LogP) is 6.46. The van der Waals surface area contributed by atoms with Gasteiger partial charge in [0.2, 0.25) is 5.91 Å². The van der Waals surface area contributed by atoms with Gasteiger partial charge in [0.05, 0.1) is 23.0 Å². The molecule has 0 aliphatic rings. The number of imidazole rings is 1. The van der Waals surface area contributed by atoms with E-state index in [2.05, 4.69) is 37.0 Å². The van der Waals surface area contributed by atoms with Crippen molar-refractivity contribution in [1.29, 1.82) is 0 Å². The van der Waals surface area contributed by atoms with E-state index in [1.807, 2.05) is 45.0 Å². The lowest BCUT2D eigenvalue weighted by Crippen LogP contribution is -2.13. The van der Waals surface area contributed by atoms with Crippen LogP contribution in [0, 0.1) is 18.7 Å². The SMILES string of the molecule is C=C/C=C(/c1cccc(F)c1)c1nc(-c2[nH]nc3ncc(-c4cncc(NC(=O)CC(C)C)c4)cc23)[nH]c1C. The molecular weight excluding hydrogens is 493 g/mol.